The number of fused-ring (bicyclic) bond motifs is 4. The Hall–Kier alpha value is -3.55. The van der Waals surface area contributed by atoms with Gasteiger partial charge in [-0.15, -0.1) is 0 Å². The van der Waals surface area contributed by atoms with Crippen molar-refractivity contribution in [1.29, 1.82) is 0 Å². The number of amides is 2. The fraction of sp³-hybridized carbons (Fsp3) is 0.464. The van der Waals surface area contributed by atoms with Crippen molar-refractivity contribution in [1.82, 2.24) is 9.80 Å². The molecule has 1 unspecified atom stereocenters. The summed E-state index contributed by atoms with van der Waals surface area (Å²) >= 11 is 0. The topological polar surface area (TPSA) is 96.4 Å². The Kier molecular flexibility index (Phi) is 5.93. The van der Waals surface area contributed by atoms with Crippen LogP contribution in [0.5, 0.6) is 0 Å². The molecule has 1 N–H and O–H groups in total. The molecule has 8 heteroatoms. The average Bonchev–Trinajstić information content (AvgIpc) is 3.38. The van der Waals surface area contributed by atoms with Crippen LogP contribution in [0, 0.1) is 11.3 Å². The Morgan fingerprint density at radius 3 is 2.11 bits per heavy atom. The minimum atomic E-state index is -1.24. The maximum atomic E-state index is 13.1. The van der Waals surface area contributed by atoms with Crippen molar-refractivity contribution >= 4 is 18.2 Å². The molecule has 2 aromatic carbocycles. The second-order valence-corrected chi connectivity index (χ2v) is 11.0. The first-order valence-electron chi connectivity index (χ1n) is 12.4. The van der Waals surface area contributed by atoms with E-state index < -0.39 is 29.2 Å². The number of ether oxygens (including phenoxy) is 2. The number of rotatable bonds is 3. The molecule has 1 aliphatic carbocycles. The van der Waals surface area contributed by atoms with Crippen LogP contribution in [0.25, 0.3) is 11.1 Å². The van der Waals surface area contributed by atoms with E-state index in [0.717, 1.165) is 22.3 Å². The lowest BCUT2D eigenvalue weighted by atomic mass is 9.73. The summed E-state index contributed by atoms with van der Waals surface area (Å²) < 4.78 is 11.2. The van der Waals surface area contributed by atoms with E-state index >= 15 is 0 Å². The highest BCUT2D eigenvalue weighted by molar-refractivity contribution is 5.81. The number of hydrogen-bond acceptors (Lipinski definition) is 5. The summed E-state index contributed by atoms with van der Waals surface area (Å²) in [7, 11) is 0. The van der Waals surface area contributed by atoms with E-state index in [2.05, 4.69) is 24.3 Å². The lowest BCUT2D eigenvalue weighted by molar-refractivity contribution is -0.153. The van der Waals surface area contributed by atoms with E-state index in [1.54, 1.807) is 20.8 Å². The molecular formula is C28H32N2O6. The van der Waals surface area contributed by atoms with Crippen molar-refractivity contribution in [2.45, 2.75) is 38.7 Å². The second kappa shape index (κ2) is 8.84. The fourth-order valence-electron chi connectivity index (χ4n) is 5.87. The zero-order valence-electron chi connectivity index (χ0n) is 20.9. The normalized spacial score (nSPS) is 23.0. The highest BCUT2D eigenvalue weighted by Crippen LogP contribution is 2.45. The maximum Gasteiger partial charge on any atom is 0.410 e. The quantitative estimate of drug-likeness (QED) is 0.674. The third-order valence-electron chi connectivity index (χ3n) is 7.59. The number of benzene rings is 2. The van der Waals surface area contributed by atoms with E-state index in [9.17, 15) is 19.5 Å². The number of carboxylic acids is 1. The molecule has 2 fully saturated rings. The van der Waals surface area contributed by atoms with Crippen molar-refractivity contribution < 1.29 is 29.0 Å². The van der Waals surface area contributed by atoms with Gasteiger partial charge in [-0.2, -0.15) is 0 Å². The SMILES string of the molecule is CC(C)(C)OC(=O)N1CCC2CN(C(=O)OCC3c4ccccc4-c4ccccc43)C[C@]2(C(=O)O)C1. The standard InChI is InChI=1S/C28H32N2O6/c1-27(2,3)36-26(34)29-13-12-18-14-30(17-28(18,16-29)24(31)32)25(33)35-15-23-21-10-6-4-8-19(21)20-9-5-7-11-22(20)23/h4-11,18,23H,12-17H2,1-3H3,(H,31,32)/t18?,28-/m1/s1. The van der Waals surface area contributed by atoms with Crippen LogP contribution in [0.15, 0.2) is 48.5 Å². The summed E-state index contributed by atoms with van der Waals surface area (Å²) in [5, 5.41) is 10.2. The molecule has 0 bridgehead atoms. The molecule has 0 spiro atoms. The zero-order chi connectivity index (χ0) is 25.7. The smallest absolute Gasteiger partial charge is 0.410 e. The van der Waals surface area contributed by atoms with Gasteiger partial charge in [0.2, 0.25) is 0 Å². The molecule has 0 radical (unpaired) electrons. The summed E-state index contributed by atoms with van der Waals surface area (Å²) in [5.74, 6) is -1.33. The predicted molar refractivity (Wildman–Crippen MR) is 133 cm³/mol. The number of carbonyl (C=O) groups excluding carboxylic acids is 2. The van der Waals surface area contributed by atoms with Crippen molar-refractivity contribution in [3.63, 3.8) is 0 Å². The first-order valence-corrected chi connectivity index (χ1v) is 12.4. The zero-order valence-corrected chi connectivity index (χ0v) is 20.9. The second-order valence-electron chi connectivity index (χ2n) is 11.0. The van der Waals surface area contributed by atoms with Crippen LogP contribution in [0.2, 0.25) is 0 Å². The van der Waals surface area contributed by atoms with Gasteiger partial charge in [0.15, 0.2) is 0 Å². The molecule has 2 amide bonds. The van der Waals surface area contributed by atoms with Crippen LogP contribution in [0.3, 0.4) is 0 Å². The van der Waals surface area contributed by atoms with Gasteiger partial charge in [0.1, 0.15) is 17.6 Å². The molecular weight excluding hydrogens is 460 g/mol. The van der Waals surface area contributed by atoms with Gasteiger partial charge in [-0.1, -0.05) is 48.5 Å². The molecule has 2 aliphatic heterocycles. The fourth-order valence-corrected chi connectivity index (χ4v) is 5.87. The lowest BCUT2D eigenvalue weighted by Crippen LogP contribution is -2.55. The third kappa shape index (κ3) is 4.18. The number of aliphatic carboxylic acids is 1. The lowest BCUT2D eigenvalue weighted by Gasteiger charge is -2.41. The van der Waals surface area contributed by atoms with Crippen molar-refractivity contribution in [2.24, 2.45) is 11.3 Å². The molecule has 8 nitrogen and oxygen atoms in total. The van der Waals surface area contributed by atoms with Gasteiger partial charge < -0.3 is 24.4 Å². The van der Waals surface area contributed by atoms with Crippen LogP contribution >= 0.6 is 0 Å². The molecule has 2 aromatic rings. The highest BCUT2D eigenvalue weighted by atomic mass is 16.6. The number of nitrogens with zero attached hydrogens (tertiary/aromatic N) is 2. The summed E-state index contributed by atoms with van der Waals surface area (Å²) in [5.41, 5.74) is 2.63. The van der Waals surface area contributed by atoms with E-state index in [4.69, 9.17) is 9.47 Å². The Bertz CT molecular complexity index is 1160. The first-order chi connectivity index (χ1) is 17.1. The molecule has 190 valence electrons. The van der Waals surface area contributed by atoms with Crippen molar-refractivity contribution in [3.05, 3.63) is 59.7 Å². The molecule has 36 heavy (non-hydrogen) atoms. The Morgan fingerprint density at radius 2 is 1.53 bits per heavy atom. The van der Waals surface area contributed by atoms with Gasteiger partial charge in [-0.25, -0.2) is 9.59 Å². The summed E-state index contributed by atoms with van der Waals surface area (Å²) in [4.78, 5) is 41.2. The van der Waals surface area contributed by atoms with Gasteiger partial charge >= 0.3 is 18.2 Å². The summed E-state index contributed by atoms with van der Waals surface area (Å²) in [6.45, 7) is 6.21. The number of carboxylic acid groups (broad SMARTS) is 1. The molecule has 2 atom stereocenters. The van der Waals surface area contributed by atoms with E-state index in [1.165, 1.54) is 9.80 Å². The predicted octanol–water partition coefficient (Wildman–Crippen LogP) is 4.58. The number of carbonyl (C=O) groups is 3. The first kappa shape index (κ1) is 24.2. The number of likely N-dealkylation sites (tertiary alicyclic amines) is 2. The van der Waals surface area contributed by atoms with Crippen LogP contribution in [0.1, 0.15) is 44.2 Å². The van der Waals surface area contributed by atoms with Crippen LogP contribution in [-0.4, -0.2) is 71.4 Å². The van der Waals surface area contributed by atoms with Crippen LogP contribution in [0.4, 0.5) is 9.59 Å². The van der Waals surface area contributed by atoms with Gasteiger partial charge in [0, 0.05) is 32.1 Å². The Morgan fingerprint density at radius 1 is 0.944 bits per heavy atom. The van der Waals surface area contributed by atoms with Gasteiger partial charge in [-0.05, 0) is 55.4 Å². The maximum absolute atomic E-state index is 13.1. The minimum absolute atomic E-state index is 0.00295. The molecule has 2 heterocycles. The van der Waals surface area contributed by atoms with E-state index in [0.29, 0.717) is 19.5 Å². The summed E-state index contributed by atoms with van der Waals surface area (Å²) in [6.07, 6.45) is -0.560. The highest BCUT2D eigenvalue weighted by Gasteiger charge is 2.57. The van der Waals surface area contributed by atoms with Crippen LogP contribution in [-0.2, 0) is 14.3 Å². The molecule has 5 rings (SSSR count). The molecule has 0 saturated carbocycles. The van der Waals surface area contributed by atoms with E-state index in [-0.39, 0.29) is 31.5 Å². The third-order valence-corrected chi connectivity index (χ3v) is 7.59. The molecule has 3 aliphatic rings. The Labute approximate surface area is 210 Å². The van der Waals surface area contributed by atoms with E-state index in [1.807, 2.05) is 24.3 Å². The van der Waals surface area contributed by atoms with Gasteiger partial charge in [0.25, 0.3) is 0 Å². The summed E-state index contributed by atoms with van der Waals surface area (Å²) in [6, 6.07) is 16.2. The average molecular weight is 493 g/mol. The monoisotopic (exact) mass is 492 g/mol. The molecule has 0 aromatic heterocycles. The Balaban J connectivity index is 1.28. The van der Waals surface area contributed by atoms with Crippen molar-refractivity contribution in [3.8, 4) is 11.1 Å². The van der Waals surface area contributed by atoms with Gasteiger partial charge in [-0.3, -0.25) is 4.79 Å². The largest absolute Gasteiger partial charge is 0.481 e. The van der Waals surface area contributed by atoms with Crippen LogP contribution < -0.4 is 0 Å². The van der Waals surface area contributed by atoms with Crippen molar-refractivity contribution in [2.75, 3.05) is 32.8 Å². The van der Waals surface area contributed by atoms with Gasteiger partial charge in [0.05, 0.1) is 0 Å². The number of hydrogen-bond donors (Lipinski definition) is 1. The minimum Gasteiger partial charge on any atom is -0.481 e. The molecule has 2 saturated heterocycles. The number of piperidine rings is 1.